The molecule has 0 unspecified atom stereocenters. The number of fused-ring (bicyclic) bond motifs is 3. The van der Waals surface area contributed by atoms with Crippen molar-refractivity contribution in [1.29, 1.82) is 0 Å². The summed E-state index contributed by atoms with van der Waals surface area (Å²) in [6, 6.07) is 28.7. The van der Waals surface area contributed by atoms with Gasteiger partial charge in [-0.3, -0.25) is 19.4 Å². The van der Waals surface area contributed by atoms with Crippen LogP contribution in [0.4, 0.5) is 11.4 Å². The molecule has 9 rings (SSSR count). The number of aromatic nitrogens is 1. The summed E-state index contributed by atoms with van der Waals surface area (Å²) < 4.78 is 19.7. The number of nitrogens with zero attached hydrogens (tertiary/aromatic N) is 4. The summed E-state index contributed by atoms with van der Waals surface area (Å²) in [5, 5.41) is 10.1. The highest BCUT2D eigenvalue weighted by molar-refractivity contribution is 6.13. The van der Waals surface area contributed by atoms with Gasteiger partial charge in [-0.25, -0.2) is 0 Å². The number of benzene rings is 4. The summed E-state index contributed by atoms with van der Waals surface area (Å²) in [5.41, 5.74) is 8.42. The quantitative estimate of drug-likeness (QED) is 0.191. The van der Waals surface area contributed by atoms with Crippen LogP contribution in [-0.2, 0) is 30.7 Å². The molecular weight excluding hydrogens is 681 g/mol. The fourth-order valence-electron chi connectivity index (χ4n) is 8.54. The third-order valence-electron chi connectivity index (χ3n) is 11.4. The Kier molecular flexibility index (Phi) is 9.08. The molecule has 0 bridgehead atoms. The number of phenolic OH excluding ortho intramolecular Hbond substituents is 1. The molecular formula is C44H44N4O6. The summed E-state index contributed by atoms with van der Waals surface area (Å²) in [4.78, 5) is 36.4. The molecule has 10 heteroatoms. The predicted molar refractivity (Wildman–Crippen MR) is 206 cm³/mol. The number of hydrogen-bond acceptors (Lipinski definition) is 7. The molecule has 1 aromatic heterocycles. The van der Waals surface area contributed by atoms with Gasteiger partial charge in [-0.05, 0) is 97.8 Å². The fourth-order valence-corrected chi connectivity index (χ4v) is 8.54. The van der Waals surface area contributed by atoms with Gasteiger partial charge in [-0.15, -0.1) is 0 Å². The van der Waals surface area contributed by atoms with Crippen LogP contribution in [0.1, 0.15) is 55.9 Å². The number of carbonyl (C=O) groups excluding carboxylic acids is 2. The third-order valence-corrected chi connectivity index (χ3v) is 11.4. The lowest BCUT2D eigenvalue weighted by molar-refractivity contribution is 0.0193. The van der Waals surface area contributed by atoms with Crippen LogP contribution in [0.5, 0.6) is 17.2 Å². The third kappa shape index (κ3) is 6.29. The highest BCUT2D eigenvalue weighted by Gasteiger charge is 2.36. The van der Waals surface area contributed by atoms with Gasteiger partial charge in [0.05, 0.1) is 30.0 Å². The Morgan fingerprint density at radius 2 is 1.57 bits per heavy atom. The Labute approximate surface area is 315 Å². The molecule has 5 aromatic rings. The molecule has 5 heterocycles. The second kappa shape index (κ2) is 14.3. The monoisotopic (exact) mass is 724 g/mol. The molecule has 4 aliphatic rings. The van der Waals surface area contributed by atoms with Gasteiger partial charge in [-0.1, -0.05) is 42.5 Å². The van der Waals surface area contributed by atoms with Crippen molar-refractivity contribution in [1.82, 2.24) is 14.4 Å². The van der Waals surface area contributed by atoms with Crippen molar-refractivity contribution in [2.45, 2.75) is 51.7 Å². The predicted octanol–water partition coefficient (Wildman–Crippen LogP) is 7.11. The number of aryl methyl sites for hydroxylation is 1. The van der Waals surface area contributed by atoms with E-state index in [0.717, 1.165) is 85.6 Å². The average molecular weight is 725 g/mol. The maximum Gasteiger partial charge on any atom is 0.264 e. The topological polar surface area (TPSA) is 96.7 Å². The molecule has 1 N–H and O–H groups in total. The normalized spacial score (nSPS) is 17.9. The van der Waals surface area contributed by atoms with Gasteiger partial charge >= 0.3 is 0 Å². The molecule has 0 radical (unpaired) electrons. The number of ether oxygens (including phenoxy) is 3. The molecule has 1 atom stereocenters. The van der Waals surface area contributed by atoms with Gasteiger partial charge in [0, 0.05) is 61.4 Å². The first-order valence-corrected chi connectivity index (χ1v) is 19.0. The van der Waals surface area contributed by atoms with Gasteiger partial charge in [0.15, 0.2) is 11.5 Å². The number of hydrogen-bond donors (Lipinski definition) is 1. The van der Waals surface area contributed by atoms with Gasteiger partial charge in [0.1, 0.15) is 5.75 Å². The minimum atomic E-state index is -0.168. The number of para-hydroxylation sites is 1. The average Bonchev–Trinajstić information content (AvgIpc) is 3.83. The van der Waals surface area contributed by atoms with Crippen molar-refractivity contribution in [3.05, 3.63) is 125 Å². The van der Waals surface area contributed by atoms with Crippen LogP contribution < -0.4 is 14.4 Å². The maximum absolute atomic E-state index is 15.2. The summed E-state index contributed by atoms with van der Waals surface area (Å²) in [7, 11) is 0. The van der Waals surface area contributed by atoms with E-state index in [0.29, 0.717) is 48.1 Å². The first-order chi connectivity index (χ1) is 26.4. The Morgan fingerprint density at radius 1 is 0.833 bits per heavy atom. The summed E-state index contributed by atoms with van der Waals surface area (Å²) in [6.45, 7) is 7.12. The number of phenols is 1. The van der Waals surface area contributed by atoms with Crippen molar-refractivity contribution in [3.63, 3.8) is 0 Å². The Morgan fingerprint density at radius 3 is 2.37 bits per heavy atom. The lowest BCUT2D eigenvalue weighted by atomic mass is 9.92. The standard InChI is InChI=1S/C44H44N4O6/c1-29-8-2-5-11-38(29)48(32-13-15-34(49)16-14-32)44(51)37-23-40(46-17-7-6-12-39(37)46)35-24-41-42(54-28-53-41)25-36(35)43(50)47-26-31-10-4-3-9-30(31)22-33(47)27-45-18-20-52-21-19-45/h2-5,8-11,13-16,23-25,33,49H,6-7,12,17-22,26-28H2,1H3/t33-/m0/s1. The molecule has 0 spiro atoms. The summed E-state index contributed by atoms with van der Waals surface area (Å²) in [5.74, 6) is 1.02. The zero-order chi connectivity index (χ0) is 36.8. The molecule has 4 aliphatic heterocycles. The number of carbonyl (C=O) groups is 2. The minimum Gasteiger partial charge on any atom is -0.508 e. The van der Waals surface area contributed by atoms with Crippen LogP contribution in [0.25, 0.3) is 11.3 Å². The lowest BCUT2D eigenvalue weighted by Crippen LogP contribution is -2.52. The zero-order valence-corrected chi connectivity index (χ0v) is 30.5. The van der Waals surface area contributed by atoms with Crippen LogP contribution in [0.3, 0.4) is 0 Å². The second-order valence-corrected chi connectivity index (χ2v) is 14.7. The van der Waals surface area contributed by atoms with E-state index in [9.17, 15) is 5.11 Å². The maximum atomic E-state index is 15.2. The van der Waals surface area contributed by atoms with Gasteiger partial charge in [0.2, 0.25) is 6.79 Å². The number of anilines is 2. The number of amides is 2. The van der Waals surface area contributed by atoms with Crippen LogP contribution in [0.15, 0.2) is 91.0 Å². The minimum absolute atomic E-state index is 0.0323. The van der Waals surface area contributed by atoms with Gasteiger partial charge in [0.25, 0.3) is 11.8 Å². The summed E-state index contributed by atoms with van der Waals surface area (Å²) in [6.07, 6.45) is 3.41. The van der Waals surface area contributed by atoms with E-state index >= 15 is 9.59 Å². The highest BCUT2D eigenvalue weighted by atomic mass is 16.7. The first-order valence-electron chi connectivity index (χ1n) is 19.0. The molecule has 0 saturated carbocycles. The Hall–Kier alpha value is -5.58. The number of rotatable bonds is 7. The van der Waals surface area contributed by atoms with E-state index in [1.54, 1.807) is 29.2 Å². The van der Waals surface area contributed by atoms with E-state index in [4.69, 9.17) is 14.2 Å². The van der Waals surface area contributed by atoms with Crippen LogP contribution in [0.2, 0.25) is 0 Å². The van der Waals surface area contributed by atoms with E-state index < -0.39 is 0 Å². The van der Waals surface area contributed by atoms with Crippen molar-refractivity contribution in [3.8, 4) is 28.5 Å². The molecule has 276 valence electrons. The van der Waals surface area contributed by atoms with E-state index in [2.05, 4.69) is 27.7 Å². The molecule has 4 aromatic carbocycles. The van der Waals surface area contributed by atoms with E-state index in [1.807, 2.05) is 60.4 Å². The second-order valence-electron chi connectivity index (χ2n) is 14.7. The number of morpholine rings is 1. The van der Waals surface area contributed by atoms with Crippen LogP contribution in [-0.4, -0.2) is 77.0 Å². The zero-order valence-electron chi connectivity index (χ0n) is 30.5. The van der Waals surface area contributed by atoms with Gasteiger partial charge < -0.3 is 28.8 Å². The Balaban J connectivity index is 1.16. The lowest BCUT2D eigenvalue weighted by Gasteiger charge is -2.40. The highest BCUT2D eigenvalue weighted by Crippen LogP contribution is 2.43. The van der Waals surface area contributed by atoms with Crippen molar-refractivity contribution in [2.24, 2.45) is 0 Å². The SMILES string of the molecule is Cc1ccccc1N(C(=O)c1cc(-c2cc3c(cc2C(=O)N2Cc4ccccc4C[C@H]2CN2CCOCC2)OCO3)n2c1CCCC2)c1ccc(O)cc1. The van der Waals surface area contributed by atoms with Crippen molar-refractivity contribution >= 4 is 23.2 Å². The van der Waals surface area contributed by atoms with Crippen molar-refractivity contribution in [2.75, 3.05) is 44.5 Å². The molecule has 54 heavy (non-hydrogen) atoms. The van der Waals surface area contributed by atoms with Gasteiger partial charge in [-0.2, -0.15) is 0 Å². The van der Waals surface area contributed by atoms with Crippen LogP contribution in [0, 0.1) is 6.92 Å². The smallest absolute Gasteiger partial charge is 0.264 e. The van der Waals surface area contributed by atoms with E-state index in [1.165, 1.54) is 5.56 Å². The largest absolute Gasteiger partial charge is 0.508 e. The molecule has 1 saturated heterocycles. The molecule has 2 amide bonds. The molecule has 1 fully saturated rings. The molecule has 10 nitrogen and oxygen atoms in total. The molecule has 0 aliphatic carbocycles. The van der Waals surface area contributed by atoms with Crippen LogP contribution >= 0.6 is 0 Å². The van der Waals surface area contributed by atoms with E-state index in [-0.39, 0.29) is 30.4 Å². The Bertz CT molecular complexity index is 2220. The summed E-state index contributed by atoms with van der Waals surface area (Å²) >= 11 is 0. The first kappa shape index (κ1) is 34.2. The fraction of sp³-hybridized carbons (Fsp3) is 0.318. The number of aromatic hydroxyl groups is 1. The van der Waals surface area contributed by atoms with Crippen molar-refractivity contribution < 1.29 is 28.9 Å².